The van der Waals surface area contributed by atoms with Crippen LogP contribution < -0.4 is 0 Å². The summed E-state index contributed by atoms with van der Waals surface area (Å²) in [6.07, 6.45) is 4.52. The Balaban J connectivity index is 1.98. The molecule has 0 amide bonds. The predicted molar refractivity (Wildman–Crippen MR) is 88.4 cm³/mol. The van der Waals surface area contributed by atoms with Crippen molar-refractivity contribution in [2.24, 2.45) is 17.3 Å². The Labute approximate surface area is 130 Å². The summed E-state index contributed by atoms with van der Waals surface area (Å²) >= 11 is 2.27. The third kappa shape index (κ3) is 3.80. The minimum atomic E-state index is 0.249. The SMILES string of the molecule is CC(C)(C)C1CCC(C(=O)c2ccc(I)cc2)CC1. The van der Waals surface area contributed by atoms with Crippen LogP contribution in [0, 0.1) is 20.8 Å². The highest BCUT2D eigenvalue weighted by Crippen LogP contribution is 2.40. The van der Waals surface area contributed by atoms with Crippen LogP contribution in [0.4, 0.5) is 0 Å². The van der Waals surface area contributed by atoms with Crippen LogP contribution in [0.15, 0.2) is 24.3 Å². The zero-order valence-electron chi connectivity index (χ0n) is 12.1. The Morgan fingerprint density at radius 2 is 1.58 bits per heavy atom. The Hall–Kier alpha value is -0.380. The molecule has 2 rings (SSSR count). The second kappa shape index (κ2) is 5.94. The summed E-state index contributed by atoms with van der Waals surface area (Å²) < 4.78 is 1.19. The van der Waals surface area contributed by atoms with E-state index in [1.54, 1.807) is 0 Å². The van der Waals surface area contributed by atoms with E-state index >= 15 is 0 Å². The van der Waals surface area contributed by atoms with E-state index in [1.807, 2.05) is 24.3 Å². The lowest BCUT2D eigenvalue weighted by Crippen LogP contribution is -2.28. The maximum absolute atomic E-state index is 12.5. The van der Waals surface area contributed by atoms with Gasteiger partial charge in [-0.15, -0.1) is 0 Å². The molecule has 0 unspecified atom stereocenters. The zero-order chi connectivity index (χ0) is 14.0. The third-order valence-electron chi connectivity index (χ3n) is 4.45. The Morgan fingerprint density at radius 3 is 2.05 bits per heavy atom. The average molecular weight is 370 g/mol. The van der Waals surface area contributed by atoms with Crippen LogP contribution in [-0.2, 0) is 0 Å². The van der Waals surface area contributed by atoms with Gasteiger partial charge in [0.05, 0.1) is 0 Å². The molecule has 19 heavy (non-hydrogen) atoms. The van der Waals surface area contributed by atoms with Gasteiger partial charge in [-0.2, -0.15) is 0 Å². The quantitative estimate of drug-likeness (QED) is 0.508. The van der Waals surface area contributed by atoms with Gasteiger partial charge in [-0.1, -0.05) is 32.9 Å². The number of carbonyl (C=O) groups is 1. The van der Waals surface area contributed by atoms with Crippen molar-refractivity contribution >= 4 is 28.4 Å². The van der Waals surface area contributed by atoms with Gasteiger partial charge in [0.25, 0.3) is 0 Å². The highest BCUT2D eigenvalue weighted by molar-refractivity contribution is 14.1. The van der Waals surface area contributed by atoms with E-state index in [1.165, 1.54) is 16.4 Å². The molecule has 1 aromatic carbocycles. The van der Waals surface area contributed by atoms with Gasteiger partial charge in [-0.3, -0.25) is 4.79 Å². The maximum atomic E-state index is 12.5. The van der Waals surface area contributed by atoms with Gasteiger partial charge in [0.1, 0.15) is 0 Å². The molecule has 0 saturated heterocycles. The molecule has 0 aromatic heterocycles. The van der Waals surface area contributed by atoms with Crippen LogP contribution in [0.1, 0.15) is 56.8 Å². The number of halogens is 1. The molecule has 0 N–H and O–H groups in total. The lowest BCUT2D eigenvalue weighted by molar-refractivity contribution is 0.0819. The molecule has 2 heteroatoms. The van der Waals surface area contributed by atoms with Crippen molar-refractivity contribution in [1.29, 1.82) is 0 Å². The normalized spacial score (nSPS) is 24.2. The second-order valence-corrected chi connectivity index (χ2v) is 8.03. The molecule has 0 bridgehead atoms. The Bertz CT molecular complexity index is 433. The number of ketones is 1. The predicted octanol–water partition coefficient (Wildman–Crippen LogP) is 5.33. The van der Waals surface area contributed by atoms with Crippen LogP contribution >= 0.6 is 22.6 Å². The molecule has 0 spiro atoms. The fourth-order valence-corrected chi connectivity index (χ4v) is 3.43. The molecule has 1 nitrogen and oxygen atoms in total. The summed E-state index contributed by atoms with van der Waals surface area (Å²) in [6, 6.07) is 7.99. The fraction of sp³-hybridized carbons (Fsp3) is 0.588. The molecule has 1 fully saturated rings. The molecule has 0 heterocycles. The van der Waals surface area contributed by atoms with E-state index < -0.39 is 0 Å². The average Bonchev–Trinajstić information content (AvgIpc) is 2.38. The Kier molecular flexibility index (Phi) is 4.70. The van der Waals surface area contributed by atoms with E-state index in [9.17, 15) is 4.79 Å². The second-order valence-electron chi connectivity index (χ2n) is 6.79. The molecule has 0 aliphatic heterocycles. The smallest absolute Gasteiger partial charge is 0.165 e. The Morgan fingerprint density at radius 1 is 1.05 bits per heavy atom. The molecule has 1 saturated carbocycles. The van der Waals surface area contributed by atoms with Crippen molar-refractivity contribution in [3.05, 3.63) is 33.4 Å². The first-order valence-corrected chi connectivity index (χ1v) is 8.25. The molecule has 0 atom stereocenters. The molecular weight excluding hydrogens is 347 g/mol. The third-order valence-corrected chi connectivity index (χ3v) is 5.17. The van der Waals surface area contributed by atoms with Crippen molar-refractivity contribution in [2.75, 3.05) is 0 Å². The molecule has 1 aliphatic rings. The first-order chi connectivity index (χ1) is 8.88. The van der Waals surface area contributed by atoms with Gasteiger partial charge < -0.3 is 0 Å². The van der Waals surface area contributed by atoms with E-state index in [-0.39, 0.29) is 5.92 Å². The van der Waals surface area contributed by atoms with Crippen molar-refractivity contribution in [3.8, 4) is 0 Å². The summed E-state index contributed by atoms with van der Waals surface area (Å²) in [5.41, 5.74) is 1.27. The van der Waals surface area contributed by atoms with Crippen molar-refractivity contribution < 1.29 is 4.79 Å². The van der Waals surface area contributed by atoms with E-state index in [4.69, 9.17) is 0 Å². The monoisotopic (exact) mass is 370 g/mol. The van der Waals surface area contributed by atoms with Crippen LogP contribution in [0.2, 0.25) is 0 Å². The zero-order valence-corrected chi connectivity index (χ0v) is 14.2. The van der Waals surface area contributed by atoms with Gasteiger partial charge >= 0.3 is 0 Å². The molecule has 1 aromatic rings. The van der Waals surface area contributed by atoms with E-state index in [2.05, 4.69) is 43.4 Å². The van der Waals surface area contributed by atoms with Gasteiger partial charge in [0.2, 0.25) is 0 Å². The number of rotatable bonds is 2. The van der Waals surface area contributed by atoms with Crippen LogP contribution in [-0.4, -0.2) is 5.78 Å². The van der Waals surface area contributed by atoms with Gasteiger partial charge in [-0.05, 0) is 71.7 Å². The summed E-state index contributed by atoms with van der Waals surface area (Å²) in [5.74, 6) is 1.37. The summed E-state index contributed by atoms with van der Waals surface area (Å²) in [5, 5.41) is 0. The first-order valence-electron chi connectivity index (χ1n) is 7.17. The highest BCUT2D eigenvalue weighted by Gasteiger charge is 2.32. The standard InChI is InChI=1S/C17H23IO/c1-17(2,3)14-8-4-12(5-9-14)16(19)13-6-10-15(18)11-7-13/h6-7,10-12,14H,4-5,8-9H2,1-3H3. The van der Waals surface area contributed by atoms with Gasteiger partial charge in [0.15, 0.2) is 5.78 Å². The van der Waals surface area contributed by atoms with Crippen LogP contribution in [0.25, 0.3) is 0 Å². The van der Waals surface area contributed by atoms with Crippen LogP contribution in [0.3, 0.4) is 0 Å². The van der Waals surface area contributed by atoms with E-state index in [0.29, 0.717) is 11.2 Å². The topological polar surface area (TPSA) is 17.1 Å². The number of Topliss-reactive ketones (excluding diaryl/α,β-unsaturated/α-hetero) is 1. The minimum absolute atomic E-state index is 0.249. The number of benzene rings is 1. The van der Waals surface area contributed by atoms with Crippen LogP contribution in [0.5, 0.6) is 0 Å². The lowest BCUT2D eigenvalue weighted by Gasteiger charge is -2.36. The van der Waals surface area contributed by atoms with Crippen molar-refractivity contribution in [2.45, 2.75) is 46.5 Å². The highest BCUT2D eigenvalue weighted by atomic mass is 127. The molecule has 104 valence electrons. The molecule has 1 aliphatic carbocycles. The van der Waals surface area contributed by atoms with Crippen molar-refractivity contribution in [1.82, 2.24) is 0 Å². The number of hydrogen-bond acceptors (Lipinski definition) is 1. The largest absolute Gasteiger partial charge is 0.294 e. The van der Waals surface area contributed by atoms with Gasteiger partial charge in [-0.25, -0.2) is 0 Å². The fourth-order valence-electron chi connectivity index (χ4n) is 3.07. The first kappa shape index (κ1) is 15.0. The van der Waals surface area contributed by atoms with E-state index in [0.717, 1.165) is 24.3 Å². The number of carbonyl (C=O) groups excluding carboxylic acids is 1. The summed E-state index contributed by atoms with van der Waals surface area (Å²) in [6.45, 7) is 6.96. The number of hydrogen-bond donors (Lipinski definition) is 0. The van der Waals surface area contributed by atoms with Gasteiger partial charge in [0, 0.05) is 15.1 Å². The van der Waals surface area contributed by atoms with Crippen molar-refractivity contribution in [3.63, 3.8) is 0 Å². The minimum Gasteiger partial charge on any atom is -0.294 e. The molecule has 0 radical (unpaired) electrons. The summed E-state index contributed by atoms with van der Waals surface area (Å²) in [4.78, 5) is 12.5. The summed E-state index contributed by atoms with van der Waals surface area (Å²) in [7, 11) is 0. The maximum Gasteiger partial charge on any atom is 0.165 e. The molecular formula is C17H23IO. The lowest BCUT2D eigenvalue weighted by atomic mass is 9.69.